The maximum atomic E-state index is 11.2. The number of rotatable bonds is 5. The van der Waals surface area contributed by atoms with E-state index in [-0.39, 0.29) is 11.7 Å². The molecule has 0 aliphatic rings. The lowest BCUT2D eigenvalue weighted by atomic mass is 10.1. The van der Waals surface area contributed by atoms with Crippen LogP contribution < -0.4 is 4.74 Å². The summed E-state index contributed by atoms with van der Waals surface area (Å²) in [6.07, 6.45) is 3.25. The molecule has 88 valence electrons. The van der Waals surface area contributed by atoms with Crippen LogP contribution in [0, 0.1) is 0 Å². The number of benzene rings is 1. The highest BCUT2D eigenvalue weighted by atomic mass is 16.5. The van der Waals surface area contributed by atoms with E-state index in [2.05, 4.69) is 6.92 Å². The minimum absolute atomic E-state index is 0.211. The summed E-state index contributed by atoms with van der Waals surface area (Å²) in [4.78, 5) is 11.2. The Morgan fingerprint density at radius 3 is 2.75 bits per heavy atom. The summed E-state index contributed by atoms with van der Waals surface area (Å²) in [5, 5.41) is 9.39. The van der Waals surface area contributed by atoms with Crippen molar-refractivity contribution in [2.45, 2.75) is 39.5 Å². The number of hydrogen-bond donors (Lipinski definition) is 1. The molecule has 0 heterocycles. The summed E-state index contributed by atoms with van der Waals surface area (Å²) in [7, 11) is 0. The van der Waals surface area contributed by atoms with Gasteiger partial charge < -0.3 is 9.84 Å². The number of aromatic hydroxyl groups is 1. The number of carbonyl (C=O) groups excluding carboxylic acids is 1. The van der Waals surface area contributed by atoms with Gasteiger partial charge in [-0.1, -0.05) is 20.3 Å². The summed E-state index contributed by atoms with van der Waals surface area (Å²) in [5.74, 6) is 0.531. The third kappa shape index (κ3) is 3.57. The van der Waals surface area contributed by atoms with Gasteiger partial charge in [0.15, 0.2) is 0 Å². The minimum Gasteiger partial charge on any atom is -0.508 e. The van der Waals surface area contributed by atoms with Gasteiger partial charge in [0.25, 0.3) is 0 Å². The van der Waals surface area contributed by atoms with Gasteiger partial charge in [-0.15, -0.1) is 0 Å². The number of phenols is 1. The SMILES string of the molecule is CCCCc1cc(O)ccc1OC(=O)CC. The largest absolute Gasteiger partial charge is 0.508 e. The van der Waals surface area contributed by atoms with Crippen molar-refractivity contribution in [1.29, 1.82) is 0 Å². The van der Waals surface area contributed by atoms with E-state index in [0.717, 1.165) is 24.8 Å². The van der Waals surface area contributed by atoms with Gasteiger partial charge in [0, 0.05) is 6.42 Å². The van der Waals surface area contributed by atoms with E-state index < -0.39 is 0 Å². The van der Waals surface area contributed by atoms with E-state index in [0.29, 0.717) is 12.2 Å². The predicted octanol–water partition coefficient (Wildman–Crippen LogP) is 3.05. The Hall–Kier alpha value is -1.51. The van der Waals surface area contributed by atoms with Crippen molar-refractivity contribution < 1.29 is 14.6 Å². The van der Waals surface area contributed by atoms with Gasteiger partial charge >= 0.3 is 5.97 Å². The third-order valence-electron chi connectivity index (χ3n) is 2.36. The summed E-state index contributed by atoms with van der Waals surface area (Å²) in [6, 6.07) is 4.84. The highest BCUT2D eigenvalue weighted by Gasteiger charge is 2.08. The number of esters is 1. The van der Waals surface area contributed by atoms with E-state index >= 15 is 0 Å². The molecular formula is C13H18O3. The molecule has 16 heavy (non-hydrogen) atoms. The second-order valence-corrected chi connectivity index (χ2v) is 3.72. The second-order valence-electron chi connectivity index (χ2n) is 3.72. The third-order valence-corrected chi connectivity index (χ3v) is 2.36. The number of unbranched alkanes of at least 4 members (excludes halogenated alkanes) is 1. The van der Waals surface area contributed by atoms with E-state index in [1.807, 2.05) is 0 Å². The number of hydrogen-bond acceptors (Lipinski definition) is 3. The number of carbonyl (C=O) groups is 1. The molecule has 1 rings (SSSR count). The van der Waals surface area contributed by atoms with Crippen LogP contribution in [-0.4, -0.2) is 11.1 Å². The van der Waals surface area contributed by atoms with Gasteiger partial charge in [0.05, 0.1) is 0 Å². The van der Waals surface area contributed by atoms with E-state index in [4.69, 9.17) is 4.74 Å². The summed E-state index contributed by atoms with van der Waals surface area (Å²) >= 11 is 0. The van der Waals surface area contributed by atoms with Gasteiger partial charge in [0.2, 0.25) is 0 Å². The van der Waals surface area contributed by atoms with Crippen molar-refractivity contribution >= 4 is 5.97 Å². The van der Waals surface area contributed by atoms with Crippen LogP contribution in [0.2, 0.25) is 0 Å². The molecule has 3 heteroatoms. The molecule has 0 aliphatic heterocycles. The summed E-state index contributed by atoms with van der Waals surface area (Å²) < 4.78 is 5.20. The Balaban J connectivity index is 2.84. The maximum absolute atomic E-state index is 11.2. The average Bonchev–Trinajstić information content (AvgIpc) is 2.29. The molecule has 0 radical (unpaired) electrons. The Labute approximate surface area is 96.1 Å². The molecule has 0 aromatic heterocycles. The lowest BCUT2D eigenvalue weighted by Crippen LogP contribution is -2.07. The molecule has 0 saturated carbocycles. The van der Waals surface area contributed by atoms with Crippen molar-refractivity contribution in [3.05, 3.63) is 23.8 Å². The average molecular weight is 222 g/mol. The van der Waals surface area contributed by atoms with Gasteiger partial charge in [-0.25, -0.2) is 0 Å². The number of aryl methyl sites for hydroxylation is 1. The normalized spacial score (nSPS) is 10.1. The van der Waals surface area contributed by atoms with Crippen LogP contribution in [0.25, 0.3) is 0 Å². The molecule has 0 unspecified atom stereocenters. The molecule has 0 bridgehead atoms. The van der Waals surface area contributed by atoms with Crippen molar-refractivity contribution in [2.75, 3.05) is 0 Å². The monoisotopic (exact) mass is 222 g/mol. The first-order valence-corrected chi connectivity index (χ1v) is 5.70. The molecule has 0 atom stereocenters. The summed E-state index contributed by atoms with van der Waals surface area (Å²) in [5.41, 5.74) is 0.892. The molecule has 0 amide bonds. The van der Waals surface area contributed by atoms with E-state index in [1.54, 1.807) is 19.1 Å². The maximum Gasteiger partial charge on any atom is 0.310 e. The molecule has 0 fully saturated rings. The van der Waals surface area contributed by atoms with Crippen LogP contribution >= 0.6 is 0 Å². The van der Waals surface area contributed by atoms with Gasteiger partial charge in [-0.05, 0) is 36.6 Å². The van der Waals surface area contributed by atoms with Crippen molar-refractivity contribution in [2.24, 2.45) is 0 Å². The molecule has 1 aromatic rings. The number of phenolic OH excluding ortho intramolecular Hbond substituents is 1. The first kappa shape index (κ1) is 12.6. The second kappa shape index (κ2) is 6.16. The highest BCUT2D eigenvalue weighted by molar-refractivity contribution is 5.72. The molecule has 0 aliphatic carbocycles. The standard InChI is InChI=1S/C13H18O3/c1-3-5-6-10-9-11(14)7-8-12(10)16-13(15)4-2/h7-9,14H,3-6H2,1-2H3. The first-order chi connectivity index (χ1) is 7.67. The van der Waals surface area contributed by atoms with Crippen LogP contribution in [0.5, 0.6) is 11.5 Å². The zero-order chi connectivity index (χ0) is 12.0. The Morgan fingerprint density at radius 2 is 2.12 bits per heavy atom. The molecule has 1 N–H and O–H groups in total. The smallest absolute Gasteiger partial charge is 0.310 e. The van der Waals surface area contributed by atoms with Crippen molar-refractivity contribution in [3.8, 4) is 11.5 Å². The quantitative estimate of drug-likeness (QED) is 0.615. The van der Waals surface area contributed by atoms with Crippen LogP contribution in [0.1, 0.15) is 38.7 Å². The predicted molar refractivity (Wildman–Crippen MR) is 62.6 cm³/mol. The highest BCUT2D eigenvalue weighted by Crippen LogP contribution is 2.25. The fourth-order valence-electron chi connectivity index (χ4n) is 1.42. The zero-order valence-corrected chi connectivity index (χ0v) is 9.82. The van der Waals surface area contributed by atoms with Crippen LogP contribution in [0.4, 0.5) is 0 Å². The Bertz CT molecular complexity index is 358. The zero-order valence-electron chi connectivity index (χ0n) is 9.82. The first-order valence-electron chi connectivity index (χ1n) is 5.70. The van der Waals surface area contributed by atoms with Crippen molar-refractivity contribution in [3.63, 3.8) is 0 Å². The Kier molecular flexibility index (Phi) is 4.83. The van der Waals surface area contributed by atoms with Crippen LogP contribution in [0.3, 0.4) is 0 Å². The summed E-state index contributed by atoms with van der Waals surface area (Å²) in [6.45, 7) is 3.86. The lowest BCUT2D eigenvalue weighted by molar-refractivity contribution is -0.134. The fourth-order valence-corrected chi connectivity index (χ4v) is 1.42. The van der Waals surface area contributed by atoms with Gasteiger partial charge in [-0.2, -0.15) is 0 Å². The molecule has 1 aromatic carbocycles. The fraction of sp³-hybridized carbons (Fsp3) is 0.462. The molecule has 0 saturated heterocycles. The van der Waals surface area contributed by atoms with E-state index in [9.17, 15) is 9.90 Å². The van der Waals surface area contributed by atoms with Crippen LogP contribution in [-0.2, 0) is 11.2 Å². The molecule has 0 spiro atoms. The topological polar surface area (TPSA) is 46.5 Å². The lowest BCUT2D eigenvalue weighted by Gasteiger charge is -2.09. The minimum atomic E-state index is -0.247. The van der Waals surface area contributed by atoms with Crippen LogP contribution in [0.15, 0.2) is 18.2 Å². The van der Waals surface area contributed by atoms with Gasteiger partial charge in [0.1, 0.15) is 11.5 Å². The van der Waals surface area contributed by atoms with Gasteiger partial charge in [-0.3, -0.25) is 4.79 Å². The number of ether oxygens (including phenoxy) is 1. The van der Waals surface area contributed by atoms with Crippen molar-refractivity contribution in [1.82, 2.24) is 0 Å². The molecular weight excluding hydrogens is 204 g/mol. The Morgan fingerprint density at radius 1 is 1.38 bits per heavy atom. The molecule has 3 nitrogen and oxygen atoms in total. The van der Waals surface area contributed by atoms with E-state index in [1.165, 1.54) is 6.07 Å².